The Hall–Kier alpha value is -1.14. The van der Waals surface area contributed by atoms with Gasteiger partial charge in [0, 0.05) is 26.2 Å². The quantitative estimate of drug-likeness (QED) is 0.586. The number of piperidine rings is 1. The smallest absolute Gasteiger partial charge is 0.321 e. The van der Waals surface area contributed by atoms with Crippen molar-refractivity contribution < 1.29 is 9.59 Å². The molecule has 2 unspecified atom stereocenters. The number of nitrogens with one attached hydrogen (secondary N) is 3. The fraction of sp³-hybridized carbons (Fsp3) is 0.818. The lowest BCUT2D eigenvalue weighted by molar-refractivity contribution is -0.120. The molecule has 2 heterocycles. The molecule has 17 heavy (non-hydrogen) atoms. The van der Waals surface area contributed by atoms with E-state index in [-0.39, 0.29) is 5.91 Å². The van der Waals surface area contributed by atoms with Gasteiger partial charge in [-0.25, -0.2) is 4.79 Å². The van der Waals surface area contributed by atoms with E-state index >= 15 is 0 Å². The van der Waals surface area contributed by atoms with Gasteiger partial charge in [0.1, 0.15) is 0 Å². The Bertz CT molecular complexity index is 294. The van der Waals surface area contributed by atoms with Crippen molar-refractivity contribution in [2.45, 2.75) is 18.9 Å². The van der Waals surface area contributed by atoms with Crippen molar-refractivity contribution in [3.05, 3.63) is 0 Å². The number of amides is 3. The van der Waals surface area contributed by atoms with Crippen LogP contribution in [0.15, 0.2) is 0 Å². The first-order valence-electron chi connectivity index (χ1n) is 6.16. The lowest BCUT2D eigenvalue weighted by Gasteiger charge is -2.24. The van der Waals surface area contributed by atoms with Gasteiger partial charge in [-0.3, -0.25) is 15.0 Å². The van der Waals surface area contributed by atoms with Gasteiger partial charge in [0.25, 0.3) is 0 Å². The van der Waals surface area contributed by atoms with Crippen LogP contribution in [-0.2, 0) is 4.79 Å². The van der Waals surface area contributed by atoms with E-state index in [2.05, 4.69) is 20.9 Å². The number of nitrogens with zero attached hydrogens (tertiary/aromatic N) is 1. The van der Waals surface area contributed by atoms with E-state index < -0.39 is 6.03 Å². The summed E-state index contributed by atoms with van der Waals surface area (Å²) in [5, 5.41) is 8.14. The highest BCUT2D eigenvalue weighted by Gasteiger charge is 2.34. The highest BCUT2D eigenvalue weighted by molar-refractivity contribution is 5.95. The highest BCUT2D eigenvalue weighted by atomic mass is 16.2. The van der Waals surface area contributed by atoms with Gasteiger partial charge in [-0.2, -0.15) is 0 Å². The van der Waals surface area contributed by atoms with Crippen LogP contribution in [0.4, 0.5) is 4.79 Å². The van der Waals surface area contributed by atoms with Gasteiger partial charge in [-0.05, 0) is 25.3 Å². The van der Waals surface area contributed by atoms with E-state index in [1.807, 2.05) is 0 Å². The molecule has 0 aliphatic carbocycles. The Morgan fingerprint density at radius 1 is 1.41 bits per heavy atom. The molecule has 0 bridgehead atoms. The molecule has 0 saturated carbocycles. The van der Waals surface area contributed by atoms with Crippen LogP contribution in [0.25, 0.3) is 0 Å². The minimum Gasteiger partial charge on any atom is -0.341 e. The molecule has 0 aromatic rings. The molecule has 0 aromatic carbocycles. The van der Waals surface area contributed by atoms with Crippen molar-refractivity contribution >= 4 is 11.9 Å². The molecule has 96 valence electrons. The Morgan fingerprint density at radius 2 is 2.24 bits per heavy atom. The van der Waals surface area contributed by atoms with Crippen LogP contribution in [0, 0.1) is 5.92 Å². The van der Waals surface area contributed by atoms with Crippen LogP contribution in [0.1, 0.15) is 12.8 Å². The van der Waals surface area contributed by atoms with Gasteiger partial charge >= 0.3 is 6.03 Å². The fourth-order valence-corrected chi connectivity index (χ4v) is 2.70. The van der Waals surface area contributed by atoms with Crippen molar-refractivity contribution in [1.29, 1.82) is 0 Å². The molecule has 2 saturated heterocycles. The Balaban J connectivity index is 1.77. The average Bonchev–Trinajstić information content (AvgIpc) is 2.70. The number of hydrogen-bond donors (Lipinski definition) is 3. The third kappa shape index (κ3) is 3.17. The van der Waals surface area contributed by atoms with Gasteiger partial charge in [-0.15, -0.1) is 0 Å². The number of carbonyl (C=O) groups is 2. The SMILES string of the molecule is CNC(=O)NC(=O)CN1CC2CCCNC2C1. The summed E-state index contributed by atoms with van der Waals surface area (Å²) in [6.45, 7) is 3.26. The maximum absolute atomic E-state index is 11.5. The van der Waals surface area contributed by atoms with Gasteiger partial charge in [0.2, 0.25) is 5.91 Å². The van der Waals surface area contributed by atoms with Crippen molar-refractivity contribution in [2.75, 3.05) is 33.2 Å². The molecular weight excluding hydrogens is 220 g/mol. The molecule has 2 fully saturated rings. The van der Waals surface area contributed by atoms with E-state index in [4.69, 9.17) is 0 Å². The normalized spacial score (nSPS) is 28.5. The van der Waals surface area contributed by atoms with Crippen LogP contribution in [0.5, 0.6) is 0 Å². The lowest BCUT2D eigenvalue weighted by atomic mass is 9.94. The molecule has 0 radical (unpaired) electrons. The second-order valence-corrected chi connectivity index (χ2v) is 4.78. The van der Waals surface area contributed by atoms with Crippen LogP contribution in [-0.4, -0.2) is 56.1 Å². The second kappa shape index (κ2) is 5.46. The van der Waals surface area contributed by atoms with Crippen molar-refractivity contribution in [2.24, 2.45) is 5.92 Å². The minimum atomic E-state index is -0.440. The molecule has 0 aromatic heterocycles. The summed E-state index contributed by atoms with van der Waals surface area (Å²) in [5.74, 6) is 0.430. The minimum absolute atomic E-state index is 0.233. The van der Waals surface area contributed by atoms with E-state index in [0.717, 1.165) is 19.6 Å². The van der Waals surface area contributed by atoms with Gasteiger partial charge in [0.15, 0.2) is 0 Å². The number of urea groups is 1. The fourth-order valence-electron chi connectivity index (χ4n) is 2.70. The number of carbonyl (C=O) groups excluding carboxylic acids is 2. The predicted molar refractivity (Wildman–Crippen MR) is 63.6 cm³/mol. The Labute approximate surface area is 101 Å². The molecule has 3 N–H and O–H groups in total. The van der Waals surface area contributed by atoms with E-state index in [1.165, 1.54) is 19.9 Å². The van der Waals surface area contributed by atoms with Gasteiger partial charge in [-0.1, -0.05) is 0 Å². The zero-order chi connectivity index (χ0) is 12.3. The Kier molecular flexibility index (Phi) is 3.96. The van der Waals surface area contributed by atoms with Crippen LogP contribution >= 0.6 is 0 Å². The third-order valence-electron chi connectivity index (χ3n) is 3.52. The summed E-state index contributed by atoms with van der Waals surface area (Å²) in [7, 11) is 1.50. The molecular formula is C11H20N4O2. The van der Waals surface area contributed by atoms with E-state index in [0.29, 0.717) is 18.5 Å². The molecule has 2 aliphatic rings. The van der Waals surface area contributed by atoms with E-state index in [1.54, 1.807) is 0 Å². The number of rotatable bonds is 2. The average molecular weight is 240 g/mol. The topological polar surface area (TPSA) is 73.5 Å². The monoisotopic (exact) mass is 240 g/mol. The molecule has 6 nitrogen and oxygen atoms in total. The summed E-state index contributed by atoms with van der Waals surface area (Å²) >= 11 is 0. The molecule has 3 amide bonds. The van der Waals surface area contributed by atoms with Crippen LogP contribution < -0.4 is 16.0 Å². The summed E-state index contributed by atoms with van der Waals surface area (Å²) in [5.41, 5.74) is 0. The Morgan fingerprint density at radius 3 is 2.94 bits per heavy atom. The van der Waals surface area contributed by atoms with E-state index in [9.17, 15) is 9.59 Å². The first-order valence-corrected chi connectivity index (χ1v) is 6.16. The molecule has 2 aliphatic heterocycles. The second-order valence-electron chi connectivity index (χ2n) is 4.78. The summed E-state index contributed by atoms with van der Waals surface area (Å²) in [4.78, 5) is 24.6. The van der Waals surface area contributed by atoms with Crippen molar-refractivity contribution in [3.63, 3.8) is 0 Å². The first kappa shape index (κ1) is 12.3. The summed E-state index contributed by atoms with van der Waals surface area (Å²) < 4.78 is 0. The van der Waals surface area contributed by atoms with Crippen LogP contribution in [0.3, 0.4) is 0 Å². The number of likely N-dealkylation sites (tertiary alicyclic amines) is 1. The van der Waals surface area contributed by atoms with Gasteiger partial charge in [0.05, 0.1) is 6.54 Å². The molecule has 2 rings (SSSR count). The van der Waals surface area contributed by atoms with Crippen molar-refractivity contribution in [1.82, 2.24) is 20.9 Å². The standard InChI is InChI=1S/C11H20N4O2/c1-12-11(17)14-10(16)7-15-5-8-3-2-4-13-9(8)6-15/h8-9,13H,2-7H2,1H3,(H2,12,14,16,17). The number of fused-ring (bicyclic) bond motifs is 1. The van der Waals surface area contributed by atoms with Crippen LogP contribution in [0.2, 0.25) is 0 Å². The number of hydrogen-bond acceptors (Lipinski definition) is 4. The maximum Gasteiger partial charge on any atom is 0.321 e. The largest absolute Gasteiger partial charge is 0.341 e. The predicted octanol–water partition coefficient (Wildman–Crippen LogP) is -0.874. The third-order valence-corrected chi connectivity index (χ3v) is 3.52. The number of imide groups is 1. The zero-order valence-electron chi connectivity index (χ0n) is 10.2. The van der Waals surface area contributed by atoms with Gasteiger partial charge < -0.3 is 10.6 Å². The molecule has 6 heteroatoms. The lowest BCUT2D eigenvalue weighted by Crippen LogP contribution is -2.44. The maximum atomic E-state index is 11.5. The first-order chi connectivity index (χ1) is 8.19. The summed E-state index contributed by atoms with van der Waals surface area (Å²) in [6, 6.07) is 0.0845. The van der Waals surface area contributed by atoms with Crippen molar-refractivity contribution in [3.8, 4) is 0 Å². The molecule has 2 atom stereocenters. The zero-order valence-corrected chi connectivity index (χ0v) is 10.2. The molecule has 0 spiro atoms. The summed E-state index contributed by atoms with van der Waals surface area (Å²) in [6.07, 6.45) is 2.46. The highest BCUT2D eigenvalue weighted by Crippen LogP contribution is 2.24.